The summed E-state index contributed by atoms with van der Waals surface area (Å²) < 4.78 is 12.1. The molecule has 0 saturated heterocycles. The van der Waals surface area contributed by atoms with Crippen molar-refractivity contribution in [2.75, 3.05) is 0 Å². The van der Waals surface area contributed by atoms with E-state index in [4.69, 9.17) is 5.11 Å². The highest BCUT2D eigenvalue weighted by molar-refractivity contribution is 7.84. The van der Waals surface area contributed by atoms with Gasteiger partial charge < -0.3 is 5.11 Å². The monoisotopic (exact) mass is 277 g/mol. The standard InChI is InChI=1S/C14H15NO3S/c1-10(8-14(16)17)19(18)9-11-6-7-15-13-5-3-2-4-12(11)13/h2-7,10H,8-9H2,1H3,(H,16,17). The number of aliphatic carboxylic acids is 1. The van der Waals surface area contributed by atoms with Gasteiger partial charge in [0.2, 0.25) is 0 Å². The van der Waals surface area contributed by atoms with Crippen molar-refractivity contribution >= 4 is 27.7 Å². The third-order valence-electron chi connectivity index (χ3n) is 2.95. The van der Waals surface area contributed by atoms with E-state index >= 15 is 0 Å². The number of pyridine rings is 1. The number of hydrogen-bond donors (Lipinski definition) is 1. The van der Waals surface area contributed by atoms with E-state index in [2.05, 4.69) is 4.98 Å². The van der Waals surface area contributed by atoms with E-state index in [0.717, 1.165) is 16.5 Å². The highest BCUT2D eigenvalue weighted by Crippen LogP contribution is 2.19. The molecular formula is C14H15NO3S. The van der Waals surface area contributed by atoms with Gasteiger partial charge in [0.05, 0.1) is 11.9 Å². The van der Waals surface area contributed by atoms with E-state index < -0.39 is 16.8 Å². The Morgan fingerprint density at radius 2 is 2.11 bits per heavy atom. The first kappa shape index (κ1) is 13.7. The maximum absolute atomic E-state index is 12.1. The number of aromatic nitrogens is 1. The molecule has 1 heterocycles. The molecule has 0 spiro atoms. The number of fused-ring (bicyclic) bond motifs is 1. The fourth-order valence-electron chi connectivity index (χ4n) is 1.92. The molecule has 0 radical (unpaired) electrons. The Balaban J connectivity index is 2.22. The Bertz CT molecular complexity index is 622. The average Bonchev–Trinajstić information content (AvgIpc) is 2.38. The van der Waals surface area contributed by atoms with Crippen LogP contribution in [0.15, 0.2) is 36.5 Å². The van der Waals surface area contributed by atoms with Crippen LogP contribution in [0.1, 0.15) is 18.9 Å². The van der Waals surface area contributed by atoms with Gasteiger partial charge in [-0.25, -0.2) is 0 Å². The van der Waals surface area contributed by atoms with Crippen molar-refractivity contribution in [2.24, 2.45) is 0 Å². The van der Waals surface area contributed by atoms with Crippen molar-refractivity contribution in [1.29, 1.82) is 0 Å². The molecule has 0 fully saturated rings. The SMILES string of the molecule is CC(CC(=O)O)S(=O)Cc1ccnc2ccccc12. The second-order valence-electron chi connectivity index (χ2n) is 4.42. The Morgan fingerprint density at radius 3 is 2.84 bits per heavy atom. The first-order valence-corrected chi connectivity index (χ1v) is 7.37. The van der Waals surface area contributed by atoms with Crippen molar-refractivity contribution in [3.05, 3.63) is 42.1 Å². The molecule has 0 saturated carbocycles. The highest BCUT2D eigenvalue weighted by Gasteiger charge is 2.16. The number of carbonyl (C=O) groups is 1. The topological polar surface area (TPSA) is 67.3 Å². The summed E-state index contributed by atoms with van der Waals surface area (Å²) in [6.07, 6.45) is 1.62. The largest absolute Gasteiger partial charge is 0.481 e. The molecule has 1 aromatic heterocycles. The Labute approximate surface area is 113 Å². The molecule has 1 aromatic carbocycles. The fourth-order valence-corrected chi connectivity index (χ4v) is 3.09. The van der Waals surface area contributed by atoms with Gasteiger partial charge in [0.15, 0.2) is 0 Å². The minimum atomic E-state index is -1.20. The molecule has 1 N–H and O–H groups in total. The molecule has 19 heavy (non-hydrogen) atoms. The zero-order valence-electron chi connectivity index (χ0n) is 10.6. The first-order valence-electron chi connectivity index (χ1n) is 5.99. The number of para-hydroxylation sites is 1. The van der Waals surface area contributed by atoms with Crippen molar-refractivity contribution in [3.8, 4) is 0 Å². The summed E-state index contributed by atoms with van der Waals surface area (Å²) >= 11 is 0. The van der Waals surface area contributed by atoms with Crippen LogP contribution in [0.5, 0.6) is 0 Å². The van der Waals surface area contributed by atoms with E-state index in [9.17, 15) is 9.00 Å². The lowest BCUT2D eigenvalue weighted by Crippen LogP contribution is -2.17. The summed E-state index contributed by atoms with van der Waals surface area (Å²) in [6.45, 7) is 1.70. The van der Waals surface area contributed by atoms with Gasteiger partial charge in [-0.1, -0.05) is 25.1 Å². The lowest BCUT2D eigenvalue weighted by Gasteiger charge is -2.10. The Hall–Kier alpha value is -1.75. The van der Waals surface area contributed by atoms with E-state index in [0.29, 0.717) is 5.75 Å². The lowest BCUT2D eigenvalue weighted by atomic mass is 10.1. The summed E-state index contributed by atoms with van der Waals surface area (Å²) in [7, 11) is -1.20. The van der Waals surface area contributed by atoms with Crippen LogP contribution in [0.25, 0.3) is 10.9 Å². The van der Waals surface area contributed by atoms with Crippen LogP contribution in [-0.2, 0) is 21.3 Å². The molecule has 0 aliphatic rings. The van der Waals surface area contributed by atoms with Crippen LogP contribution in [0.3, 0.4) is 0 Å². The number of carboxylic acid groups (broad SMARTS) is 1. The third kappa shape index (κ3) is 3.38. The van der Waals surface area contributed by atoms with Gasteiger partial charge in [-0.05, 0) is 17.7 Å². The highest BCUT2D eigenvalue weighted by atomic mass is 32.2. The number of hydrogen-bond acceptors (Lipinski definition) is 3. The van der Waals surface area contributed by atoms with Gasteiger partial charge >= 0.3 is 5.97 Å². The predicted molar refractivity (Wildman–Crippen MR) is 75.3 cm³/mol. The number of nitrogens with zero attached hydrogens (tertiary/aromatic N) is 1. The van der Waals surface area contributed by atoms with E-state index in [1.807, 2.05) is 30.3 Å². The van der Waals surface area contributed by atoms with Crippen LogP contribution in [0.4, 0.5) is 0 Å². The molecule has 0 amide bonds. The van der Waals surface area contributed by atoms with Crippen LogP contribution in [-0.4, -0.2) is 25.5 Å². The second-order valence-corrected chi connectivity index (χ2v) is 6.28. The zero-order valence-corrected chi connectivity index (χ0v) is 11.4. The third-order valence-corrected chi connectivity index (χ3v) is 4.61. The molecule has 0 aliphatic carbocycles. The predicted octanol–water partition coefficient (Wildman–Crippen LogP) is 2.35. The van der Waals surface area contributed by atoms with E-state index in [1.165, 1.54) is 0 Å². The van der Waals surface area contributed by atoms with Crippen LogP contribution in [0.2, 0.25) is 0 Å². The summed E-state index contributed by atoms with van der Waals surface area (Å²) in [5.41, 5.74) is 1.81. The molecule has 2 atom stereocenters. The maximum Gasteiger partial charge on any atom is 0.304 e. The van der Waals surface area contributed by atoms with Crippen molar-refractivity contribution < 1.29 is 14.1 Å². The quantitative estimate of drug-likeness (QED) is 0.911. The molecule has 0 aliphatic heterocycles. The van der Waals surface area contributed by atoms with Gasteiger partial charge in [-0.3, -0.25) is 14.0 Å². The van der Waals surface area contributed by atoms with Crippen molar-refractivity contribution in [3.63, 3.8) is 0 Å². The minimum Gasteiger partial charge on any atom is -0.481 e. The van der Waals surface area contributed by atoms with Gasteiger partial charge in [0.25, 0.3) is 0 Å². The number of carboxylic acids is 1. The molecule has 0 bridgehead atoms. The molecule has 100 valence electrons. The summed E-state index contributed by atoms with van der Waals surface area (Å²) in [4.78, 5) is 14.9. The molecular weight excluding hydrogens is 262 g/mol. The van der Waals surface area contributed by atoms with Crippen molar-refractivity contribution in [1.82, 2.24) is 4.98 Å². The summed E-state index contributed by atoms with van der Waals surface area (Å²) in [5, 5.41) is 9.34. The van der Waals surface area contributed by atoms with Gasteiger partial charge in [-0.2, -0.15) is 0 Å². The van der Waals surface area contributed by atoms with E-state index in [-0.39, 0.29) is 11.7 Å². The van der Waals surface area contributed by atoms with Crippen LogP contribution < -0.4 is 0 Å². The minimum absolute atomic E-state index is 0.0738. The Kier molecular flexibility index (Phi) is 4.27. The molecule has 2 aromatic rings. The zero-order chi connectivity index (χ0) is 13.8. The normalized spacial score (nSPS) is 14.2. The fraction of sp³-hybridized carbons (Fsp3) is 0.286. The second kappa shape index (κ2) is 5.93. The van der Waals surface area contributed by atoms with Crippen molar-refractivity contribution in [2.45, 2.75) is 24.3 Å². The molecule has 5 heteroatoms. The molecule has 2 rings (SSSR count). The lowest BCUT2D eigenvalue weighted by molar-refractivity contribution is -0.136. The summed E-state index contributed by atoms with van der Waals surface area (Å²) in [5.74, 6) is -0.558. The van der Waals surface area contributed by atoms with Gasteiger partial charge in [-0.15, -0.1) is 0 Å². The van der Waals surface area contributed by atoms with Gasteiger partial charge in [0.1, 0.15) is 0 Å². The number of benzene rings is 1. The smallest absolute Gasteiger partial charge is 0.304 e. The van der Waals surface area contributed by atoms with Crippen LogP contribution >= 0.6 is 0 Å². The number of rotatable bonds is 5. The molecule has 2 unspecified atom stereocenters. The maximum atomic E-state index is 12.1. The van der Waals surface area contributed by atoms with Gasteiger partial charge in [0, 0.05) is 33.4 Å². The summed E-state index contributed by atoms with van der Waals surface area (Å²) in [6, 6.07) is 9.51. The Morgan fingerprint density at radius 1 is 1.37 bits per heavy atom. The van der Waals surface area contributed by atoms with E-state index in [1.54, 1.807) is 13.1 Å². The molecule has 4 nitrogen and oxygen atoms in total. The first-order chi connectivity index (χ1) is 9.08. The average molecular weight is 277 g/mol. The van der Waals surface area contributed by atoms with Crippen LogP contribution in [0, 0.1) is 0 Å².